The van der Waals surface area contributed by atoms with Gasteiger partial charge in [-0.3, -0.25) is 9.59 Å². The first kappa shape index (κ1) is 16.7. The minimum absolute atomic E-state index is 0.0952. The molecule has 0 aliphatic rings. The van der Waals surface area contributed by atoms with Crippen LogP contribution < -0.4 is 5.32 Å². The zero-order valence-corrected chi connectivity index (χ0v) is 12.9. The van der Waals surface area contributed by atoms with Gasteiger partial charge in [0.15, 0.2) is 0 Å². The standard InChI is InChI=1S/C17H19FN2O3/c1-2-9-20(17(22)13-8-11-23-12-13)10-7-16(21)19-15-6-4-3-5-14(15)18/h3-6,8,11-12H,2,7,9-10H2,1H3,(H,19,21). The third kappa shape index (κ3) is 4.67. The van der Waals surface area contributed by atoms with Gasteiger partial charge in [0.25, 0.3) is 5.91 Å². The molecule has 0 radical (unpaired) electrons. The number of hydrogen-bond donors (Lipinski definition) is 1. The van der Waals surface area contributed by atoms with Crippen molar-refractivity contribution >= 4 is 17.5 Å². The van der Waals surface area contributed by atoms with Crippen LogP contribution in [0.2, 0.25) is 0 Å². The van der Waals surface area contributed by atoms with E-state index in [0.717, 1.165) is 6.42 Å². The molecule has 0 aliphatic heterocycles. The van der Waals surface area contributed by atoms with Gasteiger partial charge in [-0.15, -0.1) is 0 Å². The Hall–Kier alpha value is -2.63. The van der Waals surface area contributed by atoms with Gasteiger partial charge in [-0.05, 0) is 24.6 Å². The molecular weight excluding hydrogens is 299 g/mol. The number of rotatable bonds is 7. The molecule has 5 nitrogen and oxygen atoms in total. The van der Waals surface area contributed by atoms with E-state index in [4.69, 9.17) is 4.42 Å². The highest BCUT2D eigenvalue weighted by Gasteiger charge is 2.17. The van der Waals surface area contributed by atoms with Gasteiger partial charge in [0, 0.05) is 19.5 Å². The number of para-hydroxylation sites is 1. The first-order valence-corrected chi connectivity index (χ1v) is 7.47. The van der Waals surface area contributed by atoms with Gasteiger partial charge < -0.3 is 14.6 Å². The van der Waals surface area contributed by atoms with E-state index in [0.29, 0.717) is 12.1 Å². The van der Waals surface area contributed by atoms with Crippen LogP contribution in [0.3, 0.4) is 0 Å². The lowest BCUT2D eigenvalue weighted by molar-refractivity contribution is -0.116. The molecule has 0 bridgehead atoms. The van der Waals surface area contributed by atoms with Gasteiger partial charge in [-0.2, -0.15) is 0 Å². The number of hydrogen-bond acceptors (Lipinski definition) is 3. The molecule has 0 unspecified atom stereocenters. The Morgan fingerprint density at radius 2 is 2.00 bits per heavy atom. The van der Waals surface area contributed by atoms with Crippen LogP contribution in [0.1, 0.15) is 30.1 Å². The third-order valence-electron chi connectivity index (χ3n) is 3.31. The van der Waals surface area contributed by atoms with E-state index in [2.05, 4.69) is 5.32 Å². The second-order valence-electron chi connectivity index (χ2n) is 5.08. The summed E-state index contributed by atoms with van der Waals surface area (Å²) in [6, 6.07) is 7.56. The highest BCUT2D eigenvalue weighted by atomic mass is 19.1. The van der Waals surface area contributed by atoms with Crippen molar-refractivity contribution < 1.29 is 18.4 Å². The molecule has 122 valence electrons. The van der Waals surface area contributed by atoms with Crippen molar-refractivity contribution in [1.29, 1.82) is 0 Å². The van der Waals surface area contributed by atoms with Crippen molar-refractivity contribution in [2.24, 2.45) is 0 Å². The quantitative estimate of drug-likeness (QED) is 0.852. The molecule has 6 heteroatoms. The summed E-state index contributed by atoms with van der Waals surface area (Å²) in [5, 5.41) is 2.51. The first-order chi connectivity index (χ1) is 11.1. The second kappa shape index (κ2) is 8.12. The Bertz CT molecular complexity index is 656. The smallest absolute Gasteiger partial charge is 0.257 e. The van der Waals surface area contributed by atoms with Crippen LogP contribution in [0.5, 0.6) is 0 Å². The van der Waals surface area contributed by atoms with Crippen molar-refractivity contribution in [2.45, 2.75) is 19.8 Å². The maximum atomic E-state index is 13.5. The van der Waals surface area contributed by atoms with E-state index in [-0.39, 0.29) is 30.5 Å². The van der Waals surface area contributed by atoms with E-state index in [1.54, 1.807) is 23.1 Å². The zero-order valence-electron chi connectivity index (χ0n) is 12.9. The van der Waals surface area contributed by atoms with E-state index >= 15 is 0 Å². The molecule has 1 aromatic heterocycles. The molecule has 1 N–H and O–H groups in total. The average molecular weight is 318 g/mol. The summed E-state index contributed by atoms with van der Waals surface area (Å²) in [7, 11) is 0. The molecule has 2 amide bonds. The molecule has 1 heterocycles. The lowest BCUT2D eigenvalue weighted by Crippen LogP contribution is -2.34. The van der Waals surface area contributed by atoms with E-state index < -0.39 is 5.82 Å². The number of carbonyl (C=O) groups is 2. The fraction of sp³-hybridized carbons (Fsp3) is 0.294. The molecule has 2 aromatic rings. The van der Waals surface area contributed by atoms with Crippen molar-refractivity contribution in [2.75, 3.05) is 18.4 Å². The fourth-order valence-corrected chi connectivity index (χ4v) is 2.17. The van der Waals surface area contributed by atoms with Gasteiger partial charge in [0.1, 0.15) is 12.1 Å². The Balaban J connectivity index is 1.92. The molecule has 0 saturated carbocycles. The number of nitrogens with zero attached hydrogens (tertiary/aromatic N) is 1. The number of amides is 2. The van der Waals surface area contributed by atoms with Crippen molar-refractivity contribution in [3.05, 3.63) is 54.2 Å². The molecule has 0 saturated heterocycles. The van der Waals surface area contributed by atoms with E-state index in [1.807, 2.05) is 6.92 Å². The summed E-state index contributed by atoms with van der Waals surface area (Å²) in [6.07, 6.45) is 3.68. The normalized spacial score (nSPS) is 10.3. The Kier molecular flexibility index (Phi) is 5.91. The molecule has 2 rings (SSSR count). The molecule has 23 heavy (non-hydrogen) atoms. The number of carbonyl (C=O) groups excluding carboxylic acids is 2. The van der Waals surface area contributed by atoms with Crippen molar-refractivity contribution in [1.82, 2.24) is 4.90 Å². The largest absolute Gasteiger partial charge is 0.472 e. The van der Waals surface area contributed by atoms with Gasteiger partial charge in [-0.1, -0.05) is 19.1 Å². The molecule has 0 fully saturated rings. The molecule has 1 aromatic carbocycles. The van der Waals surface area contributed by atoms with Crippen LogP contribution in [0, 0.1) is 5.82 Å². The number of nitrogens with one attached hydrogen (secondary N) is 1. The molecular formula is C17H19FN2O3. The van der Waals surface area contributed by atoms with Gasteiger partial charge in [0.05, 0.1) is 17.5 Å². The zero-order chi connectivity index (χ0) is 16.7. The van der Waals surface area contributed by atoms with Crippen LogP contribution in [-0.2, 0) is 4.79 Å². The fourth-order valence-electron chi connectivity index (χ4n) is 2.17. The summed E-state index contributed by atoms with van der Waals surface area (Å²) in [6.45, 7) is 2.75. The SMILES string of the molecule is CCCN(CCC(=O)Nc1ccccc1F)C(=O)c1ccoc1. The summed E-state index contributed by atoms with van der Waals surface area (Å²) in [5.74, 6) is -1.00. The number of furan rings is 1. The Morgan fingerprint density at radius 3 is 2.65 bits per heavy atom. The maximum Gasteiger partial charge on any atom is 0.257 e. The van der Waals surface area contributed by atoms with Gasteiger partial charge in [-0.25, -0.2) is 4.39 Å². The Labute approximate surface area is 134 Å². The van der Waals surface area contributed by atoms with Crippen LogP contribution in [0.4, 0.5) is 10.1 Å². The number of benzene rings is 1. The third-order valence-corrected chi connectivity index (χ3v) is 3.31. The maximum absolute atomic E-state index is 13.5. The lowest BCUT2D eigenvalue weighted by Gasteiger charge is -2.21. The summed E-state index contributed by atoms with van der Waals surface area (Å²) in [5.41, 5.74) is 0.591. The highest BCUT2D eigenvalue weighted by Crippen LogP contribution is 2.13. The minimum Gasteiger partial charge on any atom is -0.472 e. The van der Waals surface area contributed by atoms with Gasteiger partial charge >= 0.3 is 0 Å². The molecule has 0 atom stereocenters. The summed E-state index contributed by atoms with van der Waals surface area (Å²) >= 11 is 0. The molecule has 0 spiro atoms. The minimum atomic E-state index is -0.485. The summed E-state index contributed by atoms with van der Waals surface area (Å²) < 4.78 is 18.4. The monoisotopic (exact) mass is 318 g/mol. The number of halogens is 1. The van der Waals surface area contributed by atoms with Crippen LogP contribution in [0.25, 0.3) is 0 Å². The Morgan fingerprint density at radius 1 is 1.22 bits per heavy atom. The highest BCUT2D eigenvalue weighted by molar-refractivity contribution is 5.95. The summed E-state index contributed by atoms with van der Waals surface area (Å²) in [4.78, 5) is 25.8. The lowest BCUT2D eigenvalue weighted by atomic mass is 10.2. The van der Waals surface area contributed by atoms with E-state index in [9.17, 15) is 14.0 Å². The predicted molar refractivity (Wildman–Crippen MR) is 84.5 cm³/mol. The van der Waals surface area contributed by atoms with Crippen molar-refractivity contribution in [3.8, 4) is 0 Å². The predicted octanol–water partition coefficient (Wildman–Crippen LogP) is 3.30. The topological polar surface area (TPSA) is 62.6 Å². The average Bonchev–Trinajstić information content (AvgIpc) is 3.07. The van der Waals surface area contributed by atoms with E-state index in [1.165, 1.54) is 24.7 Å². The van der Waals surface area contributed by atoms with Crippen LogP contribution >= 0.6 is 0 Å². The van der Waals surface area contributed by atoms with Gasteiger partial charge in [0.2, 0.25) is 5.91 Å². The second-order valence-corrected chi connectivity index (χ2v) is 5.08. The molecule has 0 aliphatic carbocycles. The van der Waals surface area contributed by atoms with Crippen molar-refractivity contribution in [3.63, 3.8) is 0 Å². The van der Waals surface area contributed by atoms with Crippen LogP contribution in [-0.4, -0.2) is 29.8 Å². The number of anilines is 1. The van der Waals surface area contributed by atoms with Crippen LogP contribution in [0.15, 0.2) is 47.3 Å². The first-order valence-electron chi connectivity index (χ1n) is 7.47.